The molecule has 0 aromatic heterocycles. The number of benzene rings is 2. The smallest absolute Gasteiger partial charge is 0.201 e. The first-order chi connectivity index (χ1) is 13.5. The van der Waals surface area contributed by atoms with Crippen LogP contribution in [0.25, 0.3) is 11.1 Å². The molecule has 0 saturated carbocycles. The van der Waals surface area contributed by atoms with Crippen molar-refractivity contribution in [2.24, 2.45) is 0 Å². The molecule has 1 aliphatic rings. The van der Waals surface area contributed by atoms with Crippen LogP contribution in [0.2, 0.25) is 0 Å². The Morgan fingerprint density at radius 3 is 2.43 bits per heavy atom. The topological polar surface area (TPSA) is 27.7 Å². The maximum absolute atomic E-state index is 14.7. The molecule has 28 heavy (non-hydrogen) atoms. The number of halogens is 3. The predicted octanol–water partition coefficient (Wildman–Crippen LogP) is 5.82. The van der Waals surface area contributed by atoms with Gasteiger partial charge in [0.1, 0.15) is 5.82 Å². The Hall–Kier alpha value is -2.05. The van der Waals surface area contributed by atoms with Crippen molar-refractivity contribution in [3.63, 3.8) is 0 Å². The Kier molecular flexibility index (Phi) is 6.97. The number of hydrogen-bond donors (Lipinski definition) is 0. The molecule has 0 amide bonds. The minimum atomic E-state index is -1.12. The van der Waals surface area contributed by atoms with E-state index in [9.17, 15) is 13.2 Å². The maximum atomic E-state index is 14.7. The second-order valence-corrected chi connectivity index (χ2v) is 6.80. The third-order valence-corrected chi connectivity index (χ3v) is 4.80. The van der Waals surface area contributed by atoms with Gasteiger partial charge in [-0.2, -0.15) is 4.39 Å². The van der Waals surface area contributed by atoms with E-state index in [0.717, 1.165) is 12.8 Å². The maximum Gasteiger partial charge on any atom is 0.201 e. The van der Waals surface area contributed by atoms with Gasteiger partial charge in [0.2, 0.25) is 5.82 Å². The molecule has 1 aliphatic heterocycles. The second kappa shape index (κ2) is 9.43. The molecular weight excluding hydrogens is 369 g/mol. The van der Waals surface area contributed by atoms with Crippen molar-refractivity contribution >= 4 is 0 Å². The first-order valence-electron chi connectivity index (χ1n) is 9.68. The lowest BCUT2D eigenvalue weighted by Crippen LogP contribution is -2.27. The van der Waals surface area contributed by atoms with E-state index in [-0.39, 0.29) is 35.7 Å². The summed E-state index contributed by atoms with van der Waals surface area (Å²) in [5.74, 6) is -3.01. The van der Waals surface area contributed by atoms with Crippen LogP contribution in [0.1, 0.15) is 44.8 Å². The molecule has 2 aromatic carbocycles. The van der Waals surface area contributed by atoms with Crippen LogP contribution in [-0.4, -0.2) is 25.9 Å². The van der Waals surface area contributed by atoms with Crippen molar-refractivity contribution in [3.05, 3.63) is 53.3 Å². The minimum absolute atomic E-state index is 0.00481. The highest BCUT2D eigenvalue weighted by Gasteiger charge is 2.25. The second-order valence-electron chi connectivity index (χ2n) is 6.80. The van der Waals surface area contributed by atoms with Crippen molar-refractivity contribution in [3.8, 4) is 16.9 Å². The van der Waals surface area contributed by atoms with E-state index in [1.807, 2.05) is 13.8 Å². The molecule has 152 valence electrons. The van der Waals surface area contributed by atoms with Crippen LogP contribution in [-0.2, 0) is 9.47 Å². The van der Waals surface area contributed by atoms with Gasteiger partial charge in [-0.1, -0.05) is 19.1 Å². The lowest BCUT2D eigenvalue weighted by atomic mass is 9.96. The van der Waals surface area contributed by atoms with E-state index in [4.69, 9.17) is 14.2 Å². The van der Waals surface area contributed by atoms with Gasteiger partial charge in [0.05, 0.1) is 25.4 Å². The van der Waals surface area contributed by atoms with E-state index < -0.39 is 17.5 Å². The third-order valence-electron chi connectivity index (χ3n) is 4.80. The lowest BCUT2D eigenvalue weighted by Gasteiger charge is -2.29. The molecule has 6 heteroatoms. The third kappa shape index (κ3) is 4.50. The fourth-order valence-corrected chi connectivity index (χ4v) is 3.37. The van der Waals surface area contributed by atoms with Crippen molar-refractivity contribution < 1.29 is 27.4 Å². The molecule has 2 aromatic rings. The highest BCUT2D eigenvalue weighted by molar-refractivity contribution is 5.66. The summed E-state index contributed by atoms with van der Waals surface area (Å²) in [6.07, 6.45) is 2.06. The van der Waals surface area contributed by atoms with Crippen molar-refractivity contribution in [2.45, 2.75) is 45.3 Å². The molecule has 2 atom stereocenters. The van der Waals surface area contributed by atoms with Crippen molar-refractivity contribution in [2.75, 3.05) is 19.8 Å². The molecule has 0 bridgehead atoms. The van der Waals surface area contributed by atoms with Crippen molar-refractivity contribution in [1.82, 2.24) is 0 Å². The van der Waals surface area contributed by atoms with Gasteiger partial charge in [-0.05, 0) is 49.9 Å². The highest BCUT2D eigenvalue weighted by Crippen LogP contribution is 2.35. The van der Waals surface area contributed by atoms with Crippen LogP contribution in [0, 0.1) is 17.5 Å². The minimum Gasteiger partial charge on any atom is -0.490 e. The molecule has 0 aliphatic carbocycles. The zero-order chi connectivity index (χ0) is 20.1. The highest BCUT2D eigenvalue weighted by atomic mass is 19.2. The average molecular weight is 394 g/mol. The molecule has 0 radical (unpaired) electrons. The fraction of sp³-hybridized carbons (Fsp3) is 0.455. The summed E-state index contributed by atoms with van der Waals surface area (Å²) in [6.45, 7) is 5.18. The normalized spacial score (nSPS) is 19.6. The standard InChI is InChI=1S/C22H25F3O3/c1-3-11-27-20-10-8-17(21(24)22(20)25)16-7-5-14(12-18(16)23)19-9-6-15(13-28-19)26-4-2/h5,7-8,10,12,15,19H,3-4,6,9,11,13H2,1-2H3. The van der Waals surface area contributed by atoms with Crippen LogP contribution in [0.4, 0.5) is 13.2 Å². The van der Waals surface area contributed by atoms with Gasteiger partial charge in [-0.15, -0.1) is 0 Å². The van der Waals surface area contributed by atoms with E-state index in [0.29, 0.717) is 25.2 Å². The summed E-state index contributed by atoms with van der Waals surface area (Å²) >= 11 is 0. The molecule has 3 rings (SSSR count). The van der Waals surface area contributed by atoms with E-state index >= 15 is 0 Å². The Bertz CT molecular complexity index is 802. The Morgan fingerprint density at radius 1 is 1.00 bits per heavy atom. The first-order valence-corrected chi connectivity index (χ1v) is 9.68. The zero-order valence-corrected chi connectivity index (χ0v) is 16.1. The fourth-order valence-electron chi connectivity index (χ4n) is 3.37. The number of ether oxygens (including phenoxy) is 3. The molecule has 2 unspecified atom stereocenters. The average Bonchev–Trinajstić information content (AvgIpc) is 2.70. The zero-order valence-electron chi connectivity index (χ0n) is 16.1. The van der Waals surface area contributed by atoms with Gasteiger partial charge >= 0.3 is 0 Å². The summed E-state index contributed by atoms with van der Waals surface area (Å²) in [7, 11) is 0. The molecule has 1 heterocycles. The monoisotopic (exact) mass is 394 g/mol. The van der Waals surface area contributed by atoms with Gasteiger partial charge in [0.15, 0.2) is 11.6 Å². The first kappa shape index (κ1) is 20.7. The van der Waals surface area contributed by atoms with Gasteiger partial charge < -0.3 is 14.2 Å². The number of rotatable bonds is 7. The SMILES string of the molecule is CCCOc1ccc(-c2ccc(C3CCC(OCC)CO3)cc2F)c(F)c1F. The van der Waals surface area contributed by atoms with Crippen LogP contribution >= 0.6 is 0 Å². The van der Waals surface area contributed by atoms with Crippen molar-refractivity contribution in [1.29, 1.82) is 0 Å². The summed E-state index contributed by atoms with van der Waals surface area (Å²) in [5.41, 5.74) is 0.552. The molecule has 0 spiro atoms. The summed E-state index contributed by atoms with van der Waals surface area (Å²) in [6, 6.07) is 7.16. The Labute approximate surface area is 163 Å². The van der Waals surface area contributed by atoms with Gasteiger partial charge in [-0.25, -0.2) is 8.78 Å². The van der Waals surface area contributed by atoms with Crippen LogP contribution < -0.4 is 4.74 Å². The van der Waals surface area contributed by atoms with E-state index in [1.165, 1.54) is 24.3 Å². The molecule has 0 N–H and O–H groups in total. The van der Waals surface area contributed by atoms with E-state index in [2.05, 4.69) is 0 Å². The van der Waals surface area contributed by atoms with Gasteiger partial charge in [0, 0.05) is 17.7 Å². The molecule has 1 fully saturated rings. The summed E-state index contributed by atoms with van der Waals surface area (Å²) in [4.78, 5) is 0. The molecular formula is C22H25F3O3. The van der Waals surface area contributed by atoms with E-state index in [1.54, 1.807) is 6.07 Å². The van der Waals surface area contributed by atoms with Crippen LogP contribution in [0.3, 0.4) is 0 Å². The van der Waals surface area contributed by atoms with Crippen LogP contribution in [0.5, 0.6) is 5.75 Å². The largest absolute Gasteiger partial charge is 0.490 e. The van der Waals surface area contributed by atoms with Gasteiger partial charge in [-0.3, -0.25) is 0 Å². The Balaban J connectivity index is 1.79. The van der Waals surface area contributed by atoms with Gasteiger partial charge in [0.25, 0.3) is 0 Å². The Morgan fingerprint density at radius 2 is 1.79 bits per heavy atom. The molecule has 3 nitrogen and oxygen atoms in total. The summed E-state index contributed by atoms with van der Waals surface area (Å²) < 4.78 is 59.9. The predicted molar refractivity (Wildman–Crippen MR) is 101 cm³/mol. The summed E-state index contributed by atoms with van der Waals surface area (Å²) in [5, 5.41) is 0. The lowest BCUT2D eigenvalue weighted by molar-refractivity contribution is -0.0840. The molecule has 1 saturated heterocycles. The quantitative estimate of drug-likeness (QED) is 0.593. The number of hydrogen-bond acceptors (Lipinski definition) is 3. The van der Waals surface area contributed by atoms with Crippen LogP contribution in [0.15, 0.2) is 30.3 Å².